The number of nitrogens with one attached hydrogen (secondary N) is 1. The van der Waals surface area contributed by atoms with Crippen LogP contribution in [0.15, 0.2) is 29.2 Å². The molecule has 0 saturated carbocycles. The largest absolute Gasteiger partial charge is 0.386 e. The van der Waals surface area contributed by atoms with Gasteiger partial charge in [-0.15, -0.1) is 11.3 Å². The van der Waals surface area contributed by atoms with Gasteiger partial charge < -0.3 is 15.4 Å². The first-order chi connectivity index (χ1) is 8.27. The number of aromatic nitrogens is 2. The van der Waals surface area contributed by atoms with Crippen LogP contribution in [0.25, 0.3) is 0 Å². The molecule has 0 amide bonds. The lowest BCUT2D eigenvalue weighted by Crippen LogP contribution is -2.07. The zero-order valence-electron chi connectivity index (χ0n) is 8.87. The third-order valence-corrected chi connectivity index (χ3v) is 2.77. The summed E-state index contributed by atoms with van der Waals surface area (Å²) in [7, 11) is 0. The molecule has 0 aromatic carbocycles. The van der Waals surface area contributed by atoms with Crippen molar-refractivity contribution in [3.63, 3.8) is 0 Å². The zero-order chi connectivity index (χ0) is 12.1. The summed E-state index contributed by atoms with van der Waals surface area (Å²) in [4.78, 5) is 18.1. The molecule has 0 bridgehead atoms. The number of rotatable bonds is 5. The fourth-order valence-electron chi connectivity index (χ4n) is 1.37. The second kappa shape index (κ2) is 5.35. The van der Waals surface area contributed by atoms with Gasteiger partial charge >= 0.3 is 5.82 Å². The van der Waals surface area contributed by atoms with Crippen LogP contribution < -0.4 is 5.32 Å². The molecule has 0 saturated heterocycles. The van der Waals surface area contributed by atoms with Crippen molar-refractivity contribution in [2.75, 3.05) is 11.9 Å². The highest BCUT2D eigenvalue weighted by Crippen LogP contribution is 2.19. The summed E-state index contributed by atoms with van der Waals surface area (Å²) in [6.07, 6.45) is 2.14. The second-order valence-electron chi connectivity index (χ2n) is 3.29. The monoisotopic (exact) mass is 250 g/mol. The van der Waals surface area contributed by atoms with Crippen LogP contribution in [0.4, 0.5) is 11.5 Å². The standard InChI is InChI=1S/C10H10N4O2S/c15-14(16)10-9(2-1-4-12-10)11-5-3-8-6-17-7-13-8/h1-2,4,6-7,11H,3,5H2. The molecule has 17 heavy (non-hydrogen) atoms. The summed E-state index contributed by atoms with van der Waals surface area (Å²) in [5.41, 5.74) is 3.18. The average Bonchev–Trinajstić information content (AvgIpc) is 2.82. The topological polar surface area (TPSA) is 81.0 Å². The fourth-order valence-corrected chi connectivity index (χ4v) is 1.96. The summed E-state index contributed by atoms with van der Waals surface area (Å²) in [5, 5.41) is 15.7. The van der Waals surface area contributed by atoms with E-state index in [1.165, 1.54) is 17.5 Å². The average molecular weight is 250 g/mol. The van der Waals surface area contributed by atoms with Gasteiger partial charge in [0.15, 0.2) is 0 Å². The van der Waals surface area contributed by atoms with Crippen molar-refractivity contribution in [2.24, 2.45) is 0 Å². The van der Waals surface area contributed by atoms with E-state index >= 15 is 0 Å². The highest BCUT2D eigenvalue weighted by atomic mass is 32.1. The van der Waals surface area contributed by atoms with Crippen LogP contribution in [0.5, 0.6) is 0 Å². The highest BCUT2D eigenvalue weighted by molar-refractivity contribution is 7.07. The van der Waals surface area contributed by atoms with Gasteiger partial charge in [-0.3, -0.25) is 0 Å². The maximum atomic E-state index is 10.7. The Bertz CT molecular complexity index is 501. The molecule has 0 aliphatic rings. The first-order valence-electron chi connectivity index (χ1n) is 4.97. The maximum Gasteiger partial charge on any atom is 0.386 e. The van der Waals surface area contributed by atoms with Gasteiger partial charge in [0.1, 0.15) is 11.9 Å². The van der Waals surface area contributed by atoms with Crippen LogP contribution in [-0.4, -0.2) is 21.4 Å². The van der Waals surface area contributed by atoms with Crippen LogP contribution in [-0.2, 0) is 6.42 Å². The Morgan fingerprint density at radius 2 is 2.35 bits per heavy atom. The number of nitrogens with zero attached hydrogens (tertiary/aromatic N) is 3. The molecule has 6 nitrogen and oxygen atoms in total. The van der Waals surface area contributed by atoms with Gasteiger partial charge in [0.25, 0.3) is 0 Å². The SMILES string of the molecule is O=[N+]([O-])c1ncccc1NCCc1cscn1. The minimum absolute atomic E-state index is 0.147. The van der Waals surface area contributed by atoms with Crippen molar-refractivity contribution < 1.29 is 4.92 Å². The zero-order valence-corrected chi connectivity index (χ0v) is 9.68. The predicted molar refractivity (Wildman–Crippen MR) is 65.2 cm³/mol. The van der Waals surface area contributed by atoms with Gasteiger partial charge in [-0.2, -0.15) is 0 Å². The van der Waals surface area contributed by atoms with Crippen molar-refractivity contribution >= 4 is 22.8 Å². The van der Waals surface area contributed by atoms with E-state index in [4.69, 9.17) is 0 Å². The minimum atomic E-state index is -0.495. The predicted octanol–water partition coefficient (Wildman–Crippen LogP) is 2.10. The van der Waals surface area contributed by atoms with Crippen LogP contribution in [0, 0.1) is 10.1 Å². The third-order valence-electron chi connectivity index (χ3n) is 2.14. The molecule has 0 spiro atoms. The molecule has 0 atom stereocenters. The van der Waals surface area contributed by atoms with Crippen molar-refractivity contribution in [1.29, 1.82) is 0 Å². The Labute approximate surface area is 102 Å². The Morgan fingerprint density at radius 3 is 3.06 bits per heavy atom. The number of nitro groups is 1. The van der Waals surface area contributed by atoms with Crippen molar-refractivity contribution in [1.82, 2.24) is 9.97 Å². The van der Waals surface area contributed by atoms with Crippen LogP contribution >= 0.6 is 11.3 Å². The normalized spacial score (nSPS) is 10.1. The Morgan fingerprint density at radius 1 is 1.47 bits per heavy atom. The summed E-state index contributed by atoms with van der Waals surface area (Å²) < 4.78 is 0. The van der Waals surface area contributed by atoms with E-state index in [0.29, 0.717) is 12.2 Å². The molecule has 2 heterocycles. The summed E-state index contributed by atoms with van der Waals surface area (Å²) in [6.45, 7) is 0.594. The first-order valence-corrected chi connectivity index (χ1v) is 5.92. The van der Waals surface area contributed by atoms with Gasteiger partial charge in [-0.05, 0) is 22.0 Å². The molecule has 0 radical (unpaired) electrons. The molecule has 0 fully saturated rings. The molecule has 2 aromatic heterocycles. The number of hydrogen-bond donors (Lipinski definition) is 1. The van der Waals surface area contributed by atoms with E-state index in [1.807, 2.05) is 5.38 Å². The Hall–Kier alpha value is -2.02. The smallest absolute Gasteiger partial charge is 0.378 e. The summed E-state index contributed by atoms with van der Waals surface area (Å²) >= 11 is 1.53. The minimum Gasteiger partial charge on any atom is -0.378 e. The molecular formula is C10H10N4O2S. The summed E-state index contributed by atoms with van der Waals surface area (Å²) in [6, 6.07) is 3.31. The van der Waals surface area contributed by atoms with E-state index in [0.717, 1.165) is 12.1 Å². The molecular weight excluding hydrogens is 240 g/mol. The quantitative estimate of drug-likeness (QED) is 0.649. The Kier molecular flexibility index (Phi) is 3.61. The maximum absolute atomic E-state index is 10.7. The van der Waals surface area contributed by atoms with Crippen LogP contribution in [0.2, 0.25) is 0 Å². The van der Waals surface area contributed by atoms with Gasteiger partial charge in [0.05, 0.1) is 11.2 Å². The second-order valence-corrected chi connectivity index (χ2v) is 4.01. The lowest BCUT2D eigenvalue weighted by atomic mass is 10.3. The van der Waals surface area contributed by atoms with Crippen molar-refractivity contribution in [2.45, 2.75) is 6.42 Å². The van der Waals surface area contributed by atoms with Crippen LogP contribution in [0.1, 0.15) is 5.69 Å². The number of anilines is 1. The molecule has 1 N–H and O–H groups in total. The molecule has 2 rings (SSSR count). The Balaban J connectivity index is 1.97. The lowest BCUT2D eigenvalue weighted by Gasteiger charge is -2.04. The van der Waals surface area contributed by atoms with E-state index in [2.05, 4.69) is 15.3 Å². The van der Waals surface area contributed by atoms with Gasteiger partial charge in [0, 0.05) is 18.3 Å². The molecule has 0 unspecified atom stereocenters. The van der Waals surface area contributed by atoms with E-state index in [-0.39, 0.29) is 5.82 Å². The van der Waals surface area contributed by atoms with Gasteiger partial charge in [-0.25, -0.2) is 4.98 Å². The fraction of sp³-hybridized carbons (Fsp3) is 0.200. The highest BCUT2D eigenvalue weighted by Gasteiger charge is 2.13. The van der Waals surface area contributed by atoms with E-state index < -0.39 is 4.92 Å². The molecule has 0 aliphatic heterocycles. The van der Waals surface area contributed by atoms with Crippen molar-refractivity contribution in [3.05, 3.63) is 45.0 Å². The van der Waals surface area contributed by atoms with E-state index in [1.54, 1.807) is 17.6 Å². The van der Waals surface area contributed by atoms with Crippen molar-refractivity contribution in [3.8, 4) is 0 Å². The third kappa shape index (κ3) is 2.97. The van der Waals surface area contributed by atoms with Gasteiger partial charge in [0.2, 0.25) is 0 Å². The molecule has 88 valence electrons. The number of thiazole rings is 1. The number of hydrogen-bond acceptors (Lipinski definition) is 6. The summed E-state index contributed by atoms with van der Waals surface area (Å²) in [5.74, 6) is -0.147. The van der Waals surface area contributed by atoms with Gasteiger partial charge in [-0.1, -0.05) is 0 Å². The van der Waals surface area contributed by atoms with Crippen LogP contribution in [0.3, 0.4) is 0 Å². The molecule has 2 aromatic rings. The lowest BCUT2D eigenvalue weighted by molar-refractivity contribution is -0.388. The molecule has 0 aliphatic carbocycles. The van der Waals surface area contributed by atoms with E-state index in [9.17, 15) is 10.1 Å². The first kappa shape index (κ1) is 11.5. The number of pyridine rings is 1. The molecule has 7 heteroatoms.